The Morgan fingerprint density at radius 3 is 2.89 bits per heavy atom. The summed E-state index contributed by atoms with van der Waals surface area (Å²) in [6.07, 6.45) is 0.996. The topological polar surface area (TPSA) is 88.1 Å². The zero-order valence-electron chi connectivity index (χ0n) is 10.6. The molecule has 1 amide bonds. The number of benzene rings is 1. The van der Waals surface area contributed by atoms with Crippen molar-refractivity contribution in [2.24, 2.45) is 0 Å². The molecular formula is C13H17N3O2. The van der Waals surface area contributed by atoms with Crippen LogP contribution in [-0.2, 0) is 0 Å². The molecule has 5 heteroatoms. The molecule has 0 aliphatic carbocycles. The third-order valence-electron chi connectivity index (χ3n) is 2.64. The largest absolute Gasteiger partial charge is 0.496 e. The van der Waals surface area contributed by atoms with Crippen LogP contribution >= 0.6 is 0 Å². The van der Waals surface area contributed by atoms with Gasteiger partial charge in [-0.25, -0.2) is 0 Å². The zero-order chi connectivity index (χ0) is 13.5. The second-order valence-electron chi connectivity index (χ2n) is 3.90. The first kappa shape index (κ1) is 13.8. The highest BCUT2D eigenvalue weighted by molar-refractivity contribution is 5.97. The van der Waals surface area contributed by atoms with Gasteiger partial charge in [0.15, 0.2) is 0 Å². The van der Waals surface area contributed by atoms with Gasteiger partial charge in [-0.2, -0.15) is 5.26 Å². The predicted molar refractivity (Wildman–Crippen MR) is 69.2 cm³/mol. The Balaban J connectivity index is 2.87. The van der Waals surface area contributed by atoms with Crippen molar-refractivity contribution >= 4 is 11.6 Å². The van der Waals surface area contributed by atoms with Crippen LogP contribution in [0.3, 0.4) is 0 Å². The highest BCUT2D eigenvalue weighted by Crippen LogP contribution is 2.21. The van der Waals surface area contributed by atoms with Crippen molar-refractivity contribution in [2.45, 2.75) is 25.8 Å². The van der Waals surface area contributed by atoms with Crippen LogP contribution in [-0.4, -0.2) is 19.1 Å². The van der Waals surface area contributed by atoms with Crippen molar-refractivity contribution < 1.29 is 9.53 Å². The van der Waals surface area contributed by atoms with E-state index in [9.17, 15) is 4.79 Å². The van der Waals surface area contributed by atoms with Gasteiger partial charge in [0.25, 0.3) is 5.91 Å². The van der Waals surface area contributed by atoms with Crippen LogP contribution in [0.5, 0.6) is 5.75 Å². The van der Waals surface area contributed by atoms with Gasteiger partial charge >= 0.3 is 0 Å². The maximum Gasteiger partial charge on any atom is 0.255 e. The average molecular weight is 247 g/mol. The first-order chi connectivity index (χ1) is 8.62. The SMILES string of the molecule is CCC(CC#N)NC(=O)c1ccc(N)cc1OC. The van der Waals surface area contributed by atoms with Gasteiger partial charge in [0, 0.05) is 17.8 Å². The third-order valence-corrected chi connectivity index (χ3v) is 2.64. The number of nitrogens with two attached hydrogens (primary N) is 1. The lowest BCUT2D eigenvalue weighted by molar-refractivity contribution is 0.0933. The summed E-state index contributed by atoms with van der Waals surface area (Å²) in [6.45, 7) is 1.92. The molecule has 96 valence electrons. The molecule has 0 aliphatic heterocycles. The smallest absolute Gasteiger partial charge is 0.255 e. The lowest BCUT2D eigenvalue weighted by atomic mass is 10.1. The Kier molecular flexibility index (Phi) is 5.00. The summed E-state index contributed by atoms with van der Waals surface area (Å²) in [7, 11) is 1.48. The third kappa shape index (κ3) is 3.39. The number of nitrogens with one attached hydrogen (secondary N) is 1. The number of carbonyl (C=O) groups excluding carboxylic acids is 1. The summed E-state index contributed by atoms with van der Waals surface area (Å²) in [5, 5.41) is 11.4. The number of carbonyl (C=O) groups is 1. The van der Waals surface area contributed by atoms with E-state index in [2.05, 4.69) is 5.32 Å². The number of methoxy groups -OCH3 is 1. The fraction of sp³-hybridized carbons (Fsp3) is 0.385. The van der Waals surface area contributed by atoms with E-state index >= 15 is 0 Å². The first-order valence-corrected chi connectivity index (χ1v) is 5.73. The molecule has 18 heavy (non-hydrogen) atoms. The van der Waals surface area contributed by atoms with Gasteiger partial charge < -0.3 is 15.8 Å². The van der Waals surface area contributed by atoms with E-state index in [4.69, 9.17) is 15.7 Å². The maximum absolute atomic E-state index is 12.0. The number of hydrogen-bond donors (Lipinski definition) is 2. The van der Waals surface area contributed by atoms with E-state index in [0.717, 1.165) is 0 Å². The fourth-order valence-electron chi connectivity index (χ4n) is 1.57. The van der Waals surface area contributed by atoms with Crippen molar-refractivity contribution in [3.63, 3.8) is 0 Å². The van der Waals surface area contributed by atoms with E-state index in [1.54, 1.807) is 18.2 Å². The van der Waals surface area contributed by atoms with Gasteiger partial charge in [-0.1, -0.05) is 6.92 Å². The van der Waals surface area contributed by atoms with Gasteiger partial charge in [-0.15, -0.1) is 0 Å². The van der Waals surface area contributed by atoms with Crippen LogP contribution in [0.25, 0.3) is 0 Å². The van der Waals surface area contributed by atoms with E-state index in [1.807, 2.05) is 13.0 Å². The van der Waals surface area contributed by atoms with Gasteiger partial charge in [-0.3, -0.25) is 4.79 Å². The van der Waals surface area contributed by atoms with E-state index in [-0.39, 0.29) is 11.9 Å². The highest BCUT2D eigenvalue weighted by Gasteiger charge is 2.15. The maximum atomic E-state index is 12.0. The summed E-state index contributed by atoms with van der Waals surface area (Å²) in [5.74, 6) is 0.174. The average Bonchev–Trinajstić information content (AvgIpc) is 2.37. The molecule has 0 saturated carbocycles. The molecule has 0 saturated heterocycles. The van der Waals surface area contributed by atoms with Gasteiger partial charge in [0.1, 0.15) is 5.75 Å². The number of amides is 1. The van der Waals surface area contributed by atoms with Crippen molar-refractivity contribution in [1.82, 2.24) is 5.32 Å². The minimum Gasteiger partial charge on any atom is -0.496 e. The standard InChI is InChI=1S/C13H17N3O2/c1-3-10(6-7-14)16-13(17)11-5-4-9(15)8-12(11)18-2/h4-5,8,10H,3,6,15H2,1-2H3,(H,16,17). The van der Waals surface area contributed by atoms with E-state index in [0.29, 0.717) is 29.8 Å². The Bertz CT molecular complexity index is 466. The quantitative estimate of drug-likeness (QED) is 0.775. The van der Waals surface area contributed by atoms with Crippen LogP contribution in [0, 0.1) is 11.3 Å². The van der Waals surface area contributed by atoms with Crippen molar-refractivity contribution in [3.8, 4) is 11.8 Å². The molecule has 1 unspecified atom stereocenters. The number of anilines is 1. The summed E-state index contributed by atoms with van der Waals surface area (Å²) < 4.78 is 5.12. The zero-order valence-corrected chi connectivity index (χ0v) is 10.6. The Hall–Kier alpha value is -2.22. The molecule has 5 nitrogen and oxygen atoms in total. The van der Waals surface area contributed by atoms with Crippen molar-refractivity contribution in [1.29, 1.82) is 5.26 Å². The van der Waals surface area contributed by atoms with Crippen LogP contribution in [0.4, 0.5) is 5.69 Å². The van der Waals surface area contributed by atoms with Gasteiger partial charge in [0.05, 0.1) is 25.2 Å². The summed E-state index contributed by atoms with van der Waals surface area (Å²) in [4.78, 5) is 12.0. The molecule has 0 aliphatic rings. The second-order valence-corrected chi connectivity index (χ2v) is 3.90. The van der Waals surface area contributed by atoms with E-state index in [1.165, 1.54) is 7.11 Å². The predicted octanol–water partition coefficient (Wildman–Crippen LogP) is 1.70. The number of ether oxygens (including phenoxy) is 1. The molecule has 1 aromatic rings. The molecule has 0 radical (unpaired) electrons. The lowest BCUT2D eigenvalue weighted by Crippen LogP contribution is -2.34. The highest BCUT2D eigenvalue weighted by atomic mass is 16.5. The fourth-order valence-corrected chi connectivity index (χ4v) is 1.57. The number of rotatable bonds is 5. The number of nitrogen functional groups attached to an aromatic ring is 1. The Labute approximate surface area is 107 Å². The van der Waals surface area contributed by atoms with Gasteiger partial charge in [0.2, 0.25) is 0 Å². The Morgan fingerprint density at radius 1 is 1.61 bits per heavy atom. The Morgan fingerprint density at radius 2 is 2.33 bits per heavy atom. The molecule has 0 heterocycles. The summed E-state index contributed by atoms with van der Waals surface area (Å²) in [6, 6.07) is 6.75. The number of nitrogens with zero attached hydrogens (tertiary/aromatic N) is 1. The molecule has 0 aromatic heterocycles. The molecule has 0 fully saturated rings. The number of hydrogen-bond acceptors (Lipinski definition) is 4. The monoisotopic (exact) mass is 247 g/mol. The minimum absolute atomic E-state index is 0.148. The number of nitriles is 1. The summed E-state index contributed by atoms with van der Waals surface area (Å²) >= 11 is 0. The summed E-state index contributed by atoms with van der Waals surface area (Å²) in [5.41, 5.74) is 6.58. The molecule has 1 aromatic carbocycles. The minimum atomic E-state index is -0.256. The van der Waals surface area contributed by atoms with Crippen LogP contribution in [0.15, 0.2) is 18.2 Å². The molecule has 0 bridgehead atoms. The van der Waals surface area contributed by atoms with Gasteiger partial charge in [-0.05, 0) is 18.6 Å². The second kappa shape index (κ2) is 6.50. The lowest BCUT2D eigenvalue weighted by Gasteiger charge is -2.15. The van der Waals surface area contributed by atoms with Crippen molar-refractivity contribution in [3.05, 3.63) is 23.8 Å². The molecule has 1 rings (SSSR count). The van der Waals surface area contributed by atoms with Crippen molar-refractivity contribution in [2.75, 3.05) is 12.8 Å². The van der Waals surface area contributed by atoms with Crippen LogP contribution in [0.1, 0.15) is 30.1 Å². The molecule has 3 N–H and O–H groups in total. The molecule has 0 spiro atoms. The van der Waals surface area contributed by atoms with Crippen LogP contribution in [0.2, 0.25) is 0 Å². The van der Waals surface area contributed by atoms with Crippen LogP contribution < -0.4 is 15.8 Å². The molecular weight excluding hydrogens is 230 g/mol. The molecule has 1 atom stereocenters. The van der Waals surface area contributed by atoms with E-state index < -0.39 is 0 Å². The first-order valence-electron chi connectivity index (χ1n) is 5.73. The normalized spacial score (nSPS) is 11.4.